The second-order valence-corrected chi connectivity index (χ2v) is 4.76. The molecule has 0 saturated heterocycles. The van der Waals surface area contributed by atoms with Gasteiger partial charge in [0.2, 0.25) is 5.52 Å². The van der Waals surface area contributed by atoms with Crippen LogP contribution >= 0.6 is 11.3 Å². The van der Waals surface area contributed by atoms with Gasteiger partial charge in [0.05, 0.1) is 22.6 Å². The van der Waals surface area contributed by atoms with Gasteiger partial charge >= 0.3 is 0 Å². The molecular formula is C9H6ClN3O4S. The van der Waals surface area contributed by atoms with E-state index in [4.69, 9.17) is 18.6 Å². The molecule has 7 nitrogen and oxygen atoms in total. The number of nitrogens with one attached hydrogen (secondary N) is 1. The lowest BCUT2D eigenvalue weighted by molar-refractivity contribution is -2.00. The van der Waals surface area contributed by atoms with Crippen LogP contribution in [0.5, 0.6) is 0 Å². The van der Waals surface area contributed by atoms with Crippen LogP contribution in [-0.4, -0.2) is 9.97 Å². The molecule has 94 valence electrons. The molecule has 0 unspecified atom stereocenters. The number of aromatic nitrogens is 3. The summed E-state index contributed by atoms with van der Waals surface area (Å²) >= 11 is 1.63. The van der Waals surface area contributed by atoms with Gasteiger partial charge in [0, 0.05) is 0 Å². The SMILES string of the molecule is [O-][Cl+3]([O-])([O-])[O-].c1nc2c(ccc3ncsc32)c[nH+]1. The van der Waals surface area contributed by atoms with Gasteiger partial charge in [0.25, 0.3) is 6.33 Å². The third-order valence-corrected chi connectivity index (χ3v) is 2.86. The molecule has 0 aliphatic heterocycles. The molecule has 0 fully saturated rings. The van der Waals surface area contributed by atoms with Gasteiger partial charge in [0.15, 0.2) is 0 Å². The zero-order chi connectivity index (χ0) is 13.2. The summed E-state index contributed by atoms with van der Waals surface area (Å²) in [5.41, 5.74) is 3.90. The molecule has 0 radical (unpaired) electrons. The number of fused-ring (bicyclic) bond motifs is 3. The van der Waals surface area contributed by atoms with Crippen LogP contribution in [0.2, 0.25) is 0 Å². The summed E-state index contributed by atoms with van der Waals surface area (Å²) in [5, 5.41) is 1.12. The highest BCUT2D eigenvalue weighted by Gasteiger charge is 2.07. The van der Waals surface area contributed by atoms with Gasteiger partial charge in [-0.05, 0) is 17.1 Å². The van der Waals surface area contributed by atoms with E-state index in [0.717, 1.165) is 21.1 Å². The van der Waals surface area contributed by atoms with E-state index in [1.54, 1.807) is 17.7 Å². The first kappa shape index (κ1) is 13.0. The van der Waals surface area contributed by atoms with Crippen molar-refractivity contribution in [2.75, 3.05) is 0 Å². The molecule has 0 atom stereocenters. The van der Waals surface area contributed by atoms with Gasteiger partial charge in [0.1, 0.15) is 4.70 Å². The number of hydrogen-bond donors (Lipinski definition) is 0. The Balaban J connectivity index is 0.000000209. The van der Waals surface area contributed by atoms with E-state index in [9.17, 15) is 0 Å². The number of halogens is 1. The number of rotatable bonds is 0. The molecule has 18 heavy (non-hydrogen) atoms. The minimum atomic E-state index is -4.94. The fourth-order valence-electron chi connectivity index (χ4n) is 1.41. The molecule has 9 heteroatoms. The fraction of sp³-hybridized carbons (Fsp3) is 0. The Morgan fingerprint density at radius 3 is 2.56 bits per heavy atom. The summed E-state index contributed by atoms with van der Waals surface area (Å²) in [6.45, 7) is 0. The minimum absolute atomic E-state index is 1.02. The van der Waals surface area contributed by atoms with Gasteiger partial charge in [-0.2, -0.15) is 0 Å². The van der Waals surface area contributed by atoms with Crippen LogP contribution in [0.4, 0.5) is 0 Å². The van der Waals surface area contributed by atoms with Gasteiger partial charge in [-0.25, -0.2) is 28.6 Å². The Hall–Kier alpha value is -1.42. The molecule has 0 amide bonds. The average Bonchev–Trinajstić information content (AvgIpc) is 2.75. The molecule has 2 aromatic heterocycles. The molecule has 3 aromatic rings. The standard InChI is InChI=1S/C9H5N3S.ClHO4/c1-2-7-9(13-5-12-7)8-6(1)3-10-4-11-8;2-1(3,4)5/h1-5H;(H,2,3,4,5). The van der Waals surface area contributed by atoms with E-state index in [0.29, 0.717) is 0 Å². The van der Waals surface area contributed by atoms with Gasteiger partial charge < -0.3 is 0 Å². The van der Waals surface area contributed by atoms with E-state index in [1.807, 2.05) is 23.8 Å². The van der Waals surface area contributed by atoms with Crippen molar-refractivity contribution in [3.05, 3.63) is 30.2 Å². The molecule has 1 aromatic carbocycles. The summed E-state index contributed by atoms with van der Waals surface area (Å²) in [7, 11) is -4.94. The highest BCUT2D eigenvalue weighted by atomic mass is 35.7. The van der Waals surface area contributed by atoms with Crippen LogP contribution < -0.4 is 23.6 Å². The fourth-order valence-corrected chi connectivity index (χ4v) is 2.20. The van der Waals surface area contributed by atoms with Crippen LogP contribution in [0.1, 0.15) is 0 Å². The van der Waals surface area contributed by atoms with Crippen LogP contribution in [-0.2, 0) is 0 Å². The third-order valence-electron chi connectivity index (χ3n) is 2.01. The molecule has 0 spiro atoms. The van der Waals surface area contributed by atoms with Gasteiger partial charge in [-0.1, -0.05) is 0 Å². The van der Waals surface area contributed by atoms with Gasteiger partial charge in [-0.3, -0.25) is 0 Å². The smallest absolute Gasteiger partial charge is 0.250 e. The first-order valence-corrected chi connectivity index (χ1v) is 6.66. The largest absolute Gasteiger partial charge is 0.284 e. The molecule has 0 aliphatic carbocycles. The summed E-state index contributed by atoms with van der Waals surface area (Å²) < 4.78 is 35.1. The Morgan fingerprint density at radius 2 is 1.83 bits per heavy atom. The summed E-state index contributed by atoms with van der Waals surface area (Å²) in [5.74, 6) is 0. The first-order valence-electron chi connectivity index (χ1n) is 4.55. The summed E-state index contributed by atoms with van der Waals surface area (Å²) in [4.78, 5) is 11.5. The highest BCUT2D eigenvalue weighted by Crippen LogP contribution is 2.24. The van der Waals surface area contributed by atoms with Crippen LogP contribution in [0.3, 0.4) is 0 Å². The van der Waals surface area contributed by atoms with E-state index in [1.165, 1.54) is 0 Å². The first-order chi connectivity index (χ1) is 8.45. The second-order valence-electron chi connectivity index (χ2n) is 3.15. The summed E-state index contributed by atoms with van der Waals surface area (Å²) in [6.07, 6.45) is 3.64. The van der Waals surface area contributed by atoms with E-state index in [-0.39, 0.29) is 0 Å². The normalized spacial score (nSPS) is 11.3. The third kappa shape index (κ3) is 3.29. The van der Waals surface area contributed by atoms with Crippen molar-refractivity contribution in [1.29, 1.82) is 0 Å². The predicted octanol–water partition coefficient (Wildman–Crippen LogP) is -3.10. The Bertz CT molecular complexity index is 663. The number of H-pyrrole nitrogens is 1. The van der Waals surface area contributed by atoms with Crippen LogP contribution in [0.25, 0.3) is 21.1 Å². The monoisotopic (exact) mass is 287 g/mol. The molecule has 0 saturated carbocycles. The van der Waals surface area contributed by atoms with E-state index >= 15 is 0 Å². The lowest BCUT2D eigenvalue weighted by Gasteiger charge is -2.17. The minimum Gasteiger partial charge on any atom is -0.250 e. The predicted molar refractivity (Wildman–Crippen MR) is 51.5 cm³/mol. The maximum Gasteiger partial charge on any atom is 0.284 e. The Morgan fingerprint density at radius 1 is 1.11 bits per heavy atom. The number of nitrogens with zero attached hydrogens (tertiary/aromatic N) is 2. The zero-order valence-corrected chi connectivity index (χ0v) is 10.3. The molecule has 0 bridgehead atoms. The van der Waals surface area contributed by atoms with E-state index in [2.05, 4.69) is 15.0 Å². The zero-order valence-electron chi connectivity index (χ0n) is 8.70. The number of aromatic amines is 1. The maximum absolute atomic E-state index is 8.49. The van der Waals surface area contributed by atoms with Crippen molar-refractivity contribution < 1.29 is 33.9 Å². The quantitative estimate of drug-likeness (QED) is 0.430. The summed E-state index contributed by atoms with van der Waals surface area (Å²) in [6, 6.07) is 4.05. The number of benzene rings is 1. The highest BCUT2D eigenvalue weighted by molar-refractivity contribution is 7.17. The Labute approximate surface area is 107 Å². The Kier molecular flexibility index (Phi) is 3.66. The van der Waals surface area contributed by atoms with Crippen LogP contribution in [0, 0.1) is 10.2 Å². The lowest BCUT2D eigenvalue weighted by Crippen LogP contribution is -2.68. The van der Waals surface area contributed by atoms with Crippen molar-refractivity contribution in [3.63, 3.8) is 0 Å². The maximum atomic E-state index is 8.49. The molecule has 2 heterocycles. The van der Waals surface area contributed by atoms with Crippen molar-refractivity contribution in [1.82, 2.24) is 9.97 Å². The molecular weight excluding hydrogens is 282 g/mol. The number of hydrogen-bond acceptors (Lipinski definition) is 7. The lowest BCUT2D eigenvalue weighted by atomic mass is 10.2. The van der Waals surface area contributed by atoms with Crippen molar-refractivity contribution in [3.8, 4) is 0 Å². The van der Waals surface area contributed by atoms with Crippen molar-refractivity contribution in [2.24, 2.45) is 0 Å². The molecule has 0 aliphatic rings. The molecule has 3 rings (SSSR count). The average molecular weight is 288 g/mol. The van der Waals surface area contributed by atoms with Crippen LogP contribution in [0.15, 0.2) is 30.2 Å². The number of thiazole rings is 1. The van der Waals surface area contributed by atoms with Crippen molar-refractivity contribution >= 4 is 32.5 Å². The topological polar surface area (TPSA) is 132 Å². The second kappa shape index (κ2) is 5.06. The molecule has 1 N–H and O–H groups in total. The van der Waals surface area contributed by atoms with E-state index < -0.39 is 10.2 Å². The van der Waals surface area contributed by atoms with Gasteiger partial charge in [-0.15, -0.1) is 21.6 Å². The van der Waals surface area contributed by atoms with Crippen molar-refractivity contribution in [2.45, 2.75) is 0 Å².